The number of ether oxygens (including phenoxy) is 1. The van der Waals surface area contributed by atoms with E-state index in [1.54, 1.807) is 38.3 Å². The summed E-state index contributed by atoms with van der Waals surface area (Å²) in [6, 6.07) is 9.19. The molecule has 0 spiro atoms. The van der Waals surface area contributed by atoms with E-state index < -0.39 is 0 Å². The Morgan fingerprint density at radius 2 is 1.80 bits per heavy atom. The molecule has 0 aliphatic heterocycles. The van der Waals surface area contributed by atoms with E-state index in [0.717, 1.165) is 11.3 Å². The van der Waals surface area contributed by atoms with Crippen molar-refractivity contribution in [2.75, 3.05) is 17.7 Å². The van der Waals surface area contributed by atoms with Crippen LogP contribution in [0.25, 0.3) is 22.4 Å². The van der Waals surface area contributed by atoms with Crippen LogP contribution in [0.15, 0.2) is 41.5 Å². The summed E-state index contributed by atoms with van der Waals surface area (Å²) in [6.45, 7) is 3.72. The van der Waals surface area contributed by atoms with Gasteiger partial charge >= 0.3 is 0 Å². The smallest absolute Gasteiger partial charge is 0.277 e. The average Bonchev–Trinajstić information content (AvgIpc) is 3.35. The lowest BCUT2D eigenvalue weighted by atomic mass is 10.1. The number of nitrogens with one attached hydrogen (secondary N) is 3. The second-order valence-electron chi connectivity index (χ2n) is 8.07. The fourth-order valence-electron chi connectivity index (χ4n) is 3.93. The summed E-state index contributed by atoms with van der Waals surface area (Å²) in [5, 5.41) is 14.4. The van der Waals surface area contributed by atoms with Crippen molar-refractivity contribution in [3.05, 3.63) is 58.5 Å². The lowest BCUT2D eigenvalue weighted by Crippen LogP contribution is -2.12. The Morgan fingerprint density at radius 1 is 1.00 bits per heavy atom. The molecule has 12 nitrogen and oxygen atoms in total. The number of para-hydroxylation sites is 1. The highest BCUT2D eigenvalue weighted by atomic mass is 16.5. The van der Waals surface area contributed by atoms with Crippen LogP contribution in [0.3, 0.4) is 0 Å². The van der Waals surface area contributed by atoms with E-state index in [2.05, 4.69) is 40.8 Å². The normalized spacial score (nSPS) is 11.1. The van der Waals surface area contributed by atoms with Crippen molar-refractivity contribution in [3.8, 4) is 17.1 Å². The summed E-state index contributed by atoms with van der Waals surface area (Å²) in [7, 11) is 5.03. The first-order valence-corrected chi connectivity index (χ1v) is 10.8. The molecule has 0 amide bonds. The molecule has 0 bridgehead atoms. The standard InChI is InChI=1S/C23H24N10O2/c1-12-9-17(26-13(2)25-12)28-18-10-16(19-22(29-18)31-33(4)23(19)34)27-15-8-6-7-14(20(15)35-5)21-24-11-32(3)30-21/h6-11H,1-5H3,(H3,25,26,27,28,29,31). The first kappa shape index (κ1) is 22.1. The number of pyridine rings is 1. The number of aromatic nitrogens is 8. The lowest BCUT2D eigenvalue weighted by Gasteiger charge is -2.15. The van der Waals surface area contributed by atoms with Crippen LogP contribution in [0, 0.1) is 13.8 Å². The molecule has 5 aromatic rings. The minimum atomic E-state index is -0.211. The molecule has 35 heavy (non-hydrogen) atoms. The number of H-pyrrole nitrogens is 1. The van der Waals surface area contributed by atoms with E-state index in [1.807, 2.05) is 38.1 Å². The van der Waals surface area contributed by atoms with Crippen LogP contribution in [0.4, 0.5) is 23.0 Å². The number of hydrogen-bond acceptors (Lipinski definition) is 9. The van der Waals surface area contributed by atoms with E-state index in [1.165, 1.54) is 4.68 Å². The van der Waals surface area contributed by atoms with Crippen molar-refractivity contribution in [3.63, 3.8) is 0 Å². The molecule has 1 aromatic carbocycles. The van der Waals surface area contributed by atoms with E-state index in [-0.39, 0.29) is 5.56 Å². The minimum Gasteiger partial charge on any atom is -0.494 e. The molecule has 0 aliphatic rings. The zero-order chi connectivity index (χ0) is 24.7. The molecule has 4 aromatic heterocycles. The van der Waals surface area contributed by atoms with Crippen molar-refractivity contribution >= 4 is 34.0 Å². The summed E-state index contributed by atoms with van der Waals surface area (Å²) in [4.78, 5) is 30.6. The molecule has 0 saturated carbocycles. The number of rotatable bonds is 6. The van der Waals surface area contributed by atoms with Gasteiger partial charge < -0.3 is 15.4 Å². The fourth-order valence-corrected chi connectivity index (χ4v) is 3.93. The van der Waals surface area contributed by atoms with Crippen LogP contribution in [-0.4, -0.2) is 46.6 Å². The highest BCUT2D eigenvalue weighted by Crippen LogP contribution is 2.37. The van der Waals surface area contributed by atoms with Crippen molar-refractivity contribution in [1.29, 1.82) is 0 Å². The quantitative estimate of drug-likeness (QED) is 0.340. The molecule has 4 heterocycles. The van der Waals surface area contributed by atoms with Gasteiger partial charge in [0.2, 0.25) is 0 Å². The summed E-state index contributed by atoms with van der Waals surface area (Å²) < 4.78 is 8.73. The van der Waals surface area contributed by atoms with Crippen LogP contribution < -0.4 is 20.9 Å². The summed E-state index contributed by atoms with van der Waals surface area (Å²) in [6.07, 6.45) is 1.62. The second-order valence-corrected chi connectivity index (χ2v) is 8.07. The van der Waals surface area contributed by atoms with Crippen LogP contribution in [0.2, 0.25) is 0 Å². The maximum Gasteiger partial charge on any atom is 0.277 e. The highest BCUT2D eigenvalue weighted by molar-refractivity contribution is 5.94. The Kier molecular flexibility index (Phi) is 5.40. The van der Waals surface area contributed by atoms with Gasteiger partial charge in [0.15, 0.2) is 17.2 Å². The number of nitrogens with zero attached hydrogens (tertiary/aromatic N) is 7. The summed E-state index contributed by atoms with van der Waals surface area (Å²) >= 11 is 0. The molecule has 3 N–H and O–H groups in total. The average molecular weight is 473 g/mol. The van der Waals surface area contributed by atoms with Gasteiger partial charge in [0.25, 0.3) is 5.56 Å². The van der Waals surface area contributed by atoms with Crippen LogP contribution in [-0.2, 0) is 14.1 Å². The Balaban J connectivity index is 1.61. The second kappa shape index (κ2) is 8.56. The molecule has 0 radical (unpaired) electrons. The predicted molar refractivity (Wildman–Crippen MR) is 132 cm³/mol. The first-order valence-electron chi connectivity index (χ1n) is 10.8. The fraction of sp³-hybridized carbons (Fsp3) is 0.217. The molecule has 0 atom stereocenters. The Hall–Kier alpha value is -4.74. The van der Waals surface area contributed by atoms with E-state index in [9.17, 15) is 4.79 Å². The Labute approximate surface area is 200 Å². The van der Waals surface area contributed by atoms with Gasteiger partial charge in [-0.25, -0.2) is 19.9 Å². The third kappa shape index (κ3) is 4.16. The molecule has 12 heteroatoms. The topological polar surface area (TPSA) is 140 Å². The maximum atomic E-state index is 12.9. The number of benzene rings is 1. The summed E-state index contributed by atoms with van der Waals surface area (Å²) in [5.41, 5.74) is 2.96. The number of fused-ring (bicyclic) bond motifs is 1. The maximum absolute atomic E-state index is 12.9. The minimum absolute atomic E-state index is 0.211. The molecule has 0 aliphatic carbocycles. The molecule has 5 rings (SSSR count). The van der Waals surface area contributed by atoms with Crippen LogP contribution in [0.1, 0.15) is 11.5 Å². The largest absolute Gasteiger partial charge is 0.494 e. The number of anilines is 4. The van der Waals surface area contributed by atoms with Crippen LogP contribution in [0.5, 0.6) is 5.75 Å². The highest BCUT2D eigenvalue weighted by Gasteiger charge is 2.18. The Bertz CT molecular complexity index is 1590. The van der Waals surface area contributed by atoms with Gasteiger partial charge in [0, 0.05) is 31.9 Å². The number of hydrogen-bond donors (Lipinski definition) is 3. The van der Waals surface area contributed by atoms with Crippen molar-refractivity contribution in [1.82, 2.24) is 39.5 Å². The van der Waals surface area contributed by atoms with Crippen molar-refractivity contribution in [2.45, 2.75) is 13.8 Å². The van der Waals surface area contributed by atoms with Crippen LogP contribution >= 0.6 is 0 Å². The van der Waals surface area contributed by atoms with Gasteiger partial charge in [-0.1, -0.05) is 6.07 Å². The van der Waals surface area contributed by atoms with E-state index in [0.29, 0.717) is 51.4 Å². The lowest BCUT2D eigenvalue weighted by molar-refractivity contribution is 0.418. The predicted octanol–water partition coefficient (Wildman–Crippen LogP) is 2.96. The van der Waals surface area contributed by atoms with Crippen molar-refractivity contribution < 1.29 is 4.74 Å². The number of aromatic amines is 1. The van der Waals surface area contributed by atoms with E-state index in [4.69, 9.17) is 4.74 Å². The monoisotopic (exact) mass is 472 g/mol. The van der Waals surface area contributed by atoms with Gasteiger partial charge in [-0.2, -0.15) is 5.10 Å². The van der Waals surface area contributed by atoms with Gasteiger partial charge in [-0.05, 0) is 26.0 Å². The van der Waals surface area contributed by atoms with Gasteiger partial charge in [0.1, 0.15) is 29.2 Å². The zero-order valence-electron chi connectivity index (χ0n) is 19.9. The van der Waals surface area contributed by atoms with E-state index >= 15 is 0 Å². The molecule has 0 saturated heterocycles. The molecule has 0 fully saturated rings. The Morgan fingerprint density at radius 3 is 2.51 bits per heavy atom. The van der Waals surface area contributed by atoms with Gasteiger partial charge in [-0.3, -0.25) is 19.3 Å². The third-order valence-electron chi connectivity index (χ3n) is 5.36. The first-order chi connectivity index (χ1) is 16.8. The molecule has 0 unspecified atom stereocenters. The number of methoxy groups -OCH3 is 1. The molecule has 178 valence electrons. The summed E-state index contributed by atoms with van der Waals surface area (Å²) in [5.74, 6) is 2.83. The van der Waals surface area contributed by atoms with Gasteiger partial charge in [0.05, 0.1) is 24.0 Å². The van der Waals surface area contributed by atoms with Crippen molar-refractivity contribution in [2.24, 2.45) is 14.1 Å². The SMILES string of the molecule is COc1c(Nc2cc(Nc3cc(C)nc(C)n3)nc3[nH]n(C)c(=O)c23)cccc1-c1ncn(C)n1. The number of aryl methyl sites for hydroxylation is 4. The zero-order valence-corrected chi connectivity index (χ0v) is 19.9. The van der Waals surface area contributed by atoms with Gasteiger partial charge in [-0.15, -0.1) is 0 Å². The third-order valence-corrected chi connectivity index (χ3v) is 5.36. The molecular weight excluding hydrogens is 448 g/mol. The molecular formula is C23H24N10O2.